The number of rotatable bonds is 3. The van der Waals surface area contributed by atoms with Crippen molar-refractivity contribution in [1.29, 1.82) is 0 Å². The molecule has 2 N–H and O–H groups in total. The number of hydrogen-bond acceptors (Lipinski definition) is 5. The van der Waals surface area contributed by atoms with E-state index in [4.69, 9.17) is 5.73 Å². The lowest BCUT2D eigenvalue weighted by Gasteiger charge is -2.34. The van der Waals surface area contributed by atoms with E-state index < -0.39 is 9.84 Å². The van der Waals surface area contributed by atoms with Gasteiger partial charge in [0.15, 0.2) is 9.84 Å². The van der Waals surface area contributed by atoms with Gasteiger partial charge in [0, 0.05) is 36.5 Å². The highest BCUT2D eigenvalue weighted by molar-refractivity contribution is 8.00. The minimum atomic E-state index is -3.04. The van der Waals surface area contributed by atoms with Crippen molar-refractivity contribution < 1.29 is 8.42 Å². The third kappa shape index (κ3) is 3.64. The Balaban J connectivity index is 2.17. The zero-order chi connectivity index (χ0) is 14.0. The summed E-state index contributed by atoms with van der Waals surface area (Å²) in [5.74, 6) is 1.63. The van der Waals surface area contributed by atoms with Crippen molar-refractivity contribution in [3.8, 4) is 0 Å². The summed E-state index contributed by atoms with van der Waals surface area (Å²) in [5, 5.41) is -0.381. The molecule has 1 atom stereocenters. The molecule has 1 fully saturated rings. The minimum absolute atomic E-state index is 0.381. The van der Waals surface area contributed by atoms with Gasteiger partial charge in [0.25, 0.3) is 0 Å². The molecule has 6 heteroatoms. The number of sulfone groups is 1. The van der Waals surface area contributed by atoms with E-state index in [9.17, 15) is 8.42 Å². The first-order chi connectivity index (χ1) is 8.88. The number of benzene rings is 1. The van der Waals surface area contributed by atoms with Gasteiger partial charge in [-0.25, -0.2) is 8.42 Å². The first-order valence-electron chi connectivity index (χ1n) is 6.23. The molecule has 1 heterocycles. The van der Waals surface area contributed by atoms with Crippen LogP contribution in [0.25, 0.3) is 0 Å². The van der Waals surface area contributed by atoms with Gasteiger partial charge in [-0.3, -0.25) is 4.90 Å². The van der Waals surface area contributed by atoms with Gasteiger partial charge >= 0.3 is 0 Å². The Kier molecular flexibility index (Phi) is 4.43. The largest absolute Gasteiger partial charge is 0.399 e. The van der Waals surface area contributed by atoms with Crippen molar-refractivity contribution >= 4 is 27.3 Å². The van der Waals surface area contributed by atoms with Gasteiger partial charge in [-0.15, -0.1) is 0 Å². The highest BCUT2D eigenvalue weighted by atomic mass is 32.2. The van der Waals surface area contributed by atoms with Crippen LogP contribution in [0.5, 0.6) is 0 Å². The van der Waals surface area contributed by atoms with Crippen LogP contribution in [0.15, 0.2) is 18.2 Å². The summed E-state index contributed by atoms with van der Waals surface area (Å²) >= 11 is 1.70. The van der Waals surface area contributed by atoms with E-state index in [1.54, 1.807) is 11.8 Å². The Hall–Kier alpha value is -0.720. The maximum atomic E-state index is 11.8. The maximum Gasteiger partial charge on any atom is 0.164 e. The number of nitrogen functional groups attached to an aromatic ring is 1. The highest BCUT2D eigenvalue weighted by Crippen LogP contribution is 2.23. The van der Waals surface area contributed by atoms with E-state index in [1.807, 2.05) is 30.0 Å². The Morgan fingerprint density at radius 3 is 2.84 bits per heavy atom. The lowest BCUT2D eigenvalue weighted by Crippen LogP contribution is -2.46. The van der Waals surface area contributed by atoms with Gasteiger partial charge in [0.2, 0.25) is 0 Å². The normalized spacial score (nSPS) is 21.5. The van der Waals surface area contributed by atoms with Crippen molar-refractivity contribution in [3.63, 3.8) is 0 Å². The molecule has 1 aromatic carbocycles. The van der Waals surface area contributed by atoms with Crippen LogP contribution in [0.3, 0.4) is 0 Å². The summed E-state index contributed by atoms with van der Waals surface area (Å²) in [7, 11) is -3.04. The Morgan fingerprint density at radius 1 is 1.47 bits per heavy atom. The van der Waals surface area contributed by atoms with E-state index >= 15 is 0 Å². The summed E-state index contributed by atoms with van der Waals surface area (Å²) in [6, 6.07) is 5.95. The van der Waals surface area contributed by atoms with E-state index in [-0.39, 0.29) is 5.37 Å². The SMILES string of the molecule is Cc1ccc(CN2CCSCC2S(C)(=O)=O)cc1N. The van der Waals surface area contributed by atoms with Crippen molar-refractivity contribution in [2.75, 3.05) is 30.0 Å². The molecule has 0 spiro atoms. The third-order valence-electron chi connectivity index (χ3n) is 3.41. The number of anilines is 1. The van der Waals surface area contributed by atoms with Gasteiger partial charge < -0.3 is 5.73 Å². The lowest BCUT2D eigenvalue weighted by atomic mass is 10.1. The van der Waals surface area contributed by atoms with Crippen LogP contribution < -0.4 is 5.73 Å². The molecule has 0 aliphatic carbocycles. The van der Waals surface area contributed by atoms with Crippen LogP contribution in [0.4, 0.5) is 5.69 Å². The molecule has 106 valence electrons. The molecule has 1 aromatic rings. The van der Waals surface area contributed by atoms with Crippen molar-refractivity contribution in [2.45, 2.75) is 18.8 Å². The second kappa shape index (κ2) is 5.73. The molecule has 0 amide bonds. The van der Waals surface area contributed by atoms with Crippen LogP contribution in [0, 0.1) is 6.92 Å². The lowest BCUT2D eigenvalue weighted by molar-refractivity contribution is 0.262. The predicted molar refractivity (Wildman–Crippen MR) is 82.0 cm³/mol. The number of hydrogen-bond donors (Lipinski definition) is 1. The topological polar surface area (TPSA) is 63.4 Å². The zero-order valence-electron chi connectivity index (χ0n) is 11.3. The van der Waals surface area contributed by atoms with Crippen LogP contribution >= 0.6 is 11.8 Å². The molecule has 0 saturated carbocycles. The fourth-order valence-corrected chi connectivity index (χ4v) is 5.16. The zero-order valence-corrected chi connectivity index (χ0v) is 12.9. The molecule has 1 unspecified atom stereocenters. The number of nitrogens with zero attached hydrogens (tertiary/aromatic N) is 1. The molecule has 19 heavy (non-hydrogen) atoms. The Morgan fingerprint density at radius 2 is 2.21 bits per heavy atom. The minimum Gasteiger partial charge on any atom is -0.399 e. The van der Waals surface area contributed by atoms with Crippen LogP contribution in [-0.4, -0.2) is 43.0 Å². The van der Waals surface area contributed by atoms with Crippen LogP contribution in [0.1, 0.15) is 11.1 Å². The number of nitrogens with two attached hydrogens (primary N) is 1. The van der Waals surface area contributed by atoms with Crippen molar-refractivity contribution in [3.05, 3.63) is 29.3 Å². The summed E-state index contributed by atoms with van der Waals surface area (Å²) in [5.41, 5.74) is 8.80. The maximum absolute atomic E-state index is 11.8. The molecule has 0 bridgehead atoms. The number of thioether (sulfide) groups is 1. The molecule has 1 saturated heterocycles. The van der Waals surface area contributed by atoms with Gasteiger partial charge in [-0.2, -0.15) is 11.8 Å². The monoisotopic (exact) mass is 300 g/mol. The van der Waals surface area contributed by atoms with Crippen molar-refractivity contribution in [2.24, 2.45) is 0 Å². The molecule has 4 nitrogen and oxygen atoms in total. The standard InChI is InChI=1S/C13H20N2O2S2/c1-10-3-4-11(7-12(10)14)8-15-5-6-18-9-13(15)19(2,16)17/h3-4,7,13H,5-6,8-9,14H2,1-2H3. The molecule has 0 radical (unpaired) electrons. The number of aryl methyl sites for hydroxylation is 1. The first kappa shape index (κ1) is 14.7. The van der Waals surface area contributed by atoms with E-state index in [1.165, 1.54) is 6.26 Å². The average molecular weight is 300 g/mol. The molecular formula is C13H20N2O2S2. The van der Waals surface area contributed by atoms with Gasteiger partial charge in [-0.1, -0.05) is 12.1 Å². The summed E-state index contributed by atoms with van der Waals surface area (Å²) in [6.07, 6.45) is 1.32. The smallest absolute Gasteiger partial charge is 0.164 e. The first-order valence-corrected chi connectivity index (χ1v) is 9.34. The third-order valence-corrected chi connectivity index (χ3v) is 6.10. The fraction of sp³-hybridized carbons (Fsp3) is 0.538. The van der Waals surface area contributed by atoms with Gasteiger partial charge in [-0.05, 0) is 24.1 Å². The van der Waals surface area contributed by atoms with Gasteiger partial charge in [0.05, 0.1) is 0 Å². The molecule has 2 rings (SSSR count). The fourth-order valence-electron chi connectivity index (χ4n) is 2.21. The summed E-state index contributed by atoms with van der Waals surface area (Å²) in [4.78, 5) is 2.04. The highest BCUT2D eigenvalue weighted by Gasteiger charge is 2.30. The molecule has 0 aromatic heterocycles. The Labute approximate surface area is 119 Å². The van der Waals surface area contributed by atoms with E-state index in [2.05, 4.69) is 0 Å². The van der Waals surface area contributed by atoms with Gasteiger partial charge in [0.1, 0.15) is 5.37 Å². The average Bonchev–Trinajstić information content (AvgIpc) is 2.33. The molecule has 1 aliphatic rings. The molecule has 1 aliphatic heterocycles. The predicted octanol–water partition coefficient (Wildman–Crippen LogP) is 1.50. The van der Waals surface area contributed by atoms with Crippen molar-refractivity contribution in [1.82, 2.24) is 4.90 Å². The summed E-state index contributed by atoms with van der Waals surface area (Å²) in [6.45, 7) is 3.41. The Bertz CT molecular complexity index is 558. The molecular weight excluding hydrogens is 280 g/mol. The van der Waals surface area contributed by atoms with E-state index in [0.29, 0.717) is 12.3 Å². The van der Waals surface area contributed by atoms with Crippen LogP contribution in [-0.2, 0) is 16.4 Å². The van der Waals surface area contributed by atoms with E-state index in [0.717, 1.165) is 29.1 Å². The summed E-state index contributed by atoms with van der Waals surface area (Å²) < 4.78 is 23.7. The van der Waals surface area contributed by atoms with Crippen LogP contribution in [0.2, 0.25) is 0 Å². The second-order valence-corrected chi connectivity index (χ2v) is 8.37. The quantitative estimate of drug-likeness (QED) is 0.857. The second-order valence-electron chi connectivity index (χ2n) is 5.02.